The fourth-order valence-corrected chi connectivity index (χ4v) is 3.64. The van der Waals surface area contributed by atoms with Gasteiger partial charge in [-0.3, -0.25) is 4.79 Å². The minimum absolute atomic E-state index is 0.0210. The Hall–Kier alpha value is -3.21. The Morgan fingerprint density at radius 3 is 2.39 bits per heavy atom. The number of benzene rings is 2. The second kappa shape index (κ2) is 8.65. The molecule has 0 aliphatic heterocycles. The Kier molecular flexibility index (Phi) is 5.61. The van der Waals surface area contributed by atoms with Crippen LogP contribution in [0, 0.1) is 5.92 Å². The molecule has 5 heteroatoms. The molecule has 1 aliphatic carbocycles. The van der Waals surface area contributed by atoms with Gasteiger partial charge in [0.2, 0.25) is 5.91 Å². The van der Waals surface area contributed by atoms with Gasteiger partial charge in [0, 0.05) is 23.2 Å². The molecule has 0 spiro atoms. The van der Waals surface area contributed by atoms with E-state index in [1.54, 1.807) is 6.21 Å². The maximum absolute atomic E-state index is 12.3. The molecule has 142 valence electrons. The Morgan fingerprint density at radius 2 is 1.68 bits per heavy atom. The molecule has 1 saturated carbocycles. The van der Waals surface area contributed by atoms with Crippen LogP contribution in [0.3, 0.4) is 0 Å². The van der Waals surface area contributed by atoms with Crippen LogP contribution in [-0.2, 0) is 4.79 Å². The molecule has 0 saturated heterocycles. The average Bonchev–Trinajstić information content (AvgIpc) is 3.20. The molecule has 2 aromatic carbocycles. The molecule has 3 aromatic rings. The number of rotatable bonds is 5. The third-order valence-corrected chi connectivity index (χ3v) is 5.16. The highest BCUT2D eigenvalue weighted by molar-refractivity contribution is 5.89. The highest BCUT2D eigenvalue weighted by atomic mass is 16.2. The van der Waals surface area contributed by atoms with Crippen molar-refractivity contribution in [2.75, 3.05) is 0 Å². The van der Waals surface area contributed by atoms with Crippen LogP contribution in [0.1, 0.15) is 37.7 Å². The summed E-state index contributed by atoms with van der Waals surface area (Å²) in [5, 5.41) is 8.98. The highest BCUT2D eigenvalue weighted by Crippen LogP contribution is 2.24. The van der Waals surface area contributed by atoms with E-state index in [1.165, 1.54) is 6.42 Å². The topological polar surface area (TPSA) is 59.3 Å². The fourth-order valence-electron chi connectivity index (χ4n) is 3.64. The van der Waals surface area contributed by atoms with Gasteiger partial charge in [-0.1, -0.05) is 67.8 Å². The molecule has 0 bridgehead atoms. The second-order valence-corrected chi connectivity index (χ2v) is 7.15. The molecule has 1 N–H and O–H groups in total. The summed E-state index contributed by atoms with van der Waals surface area (Å²) in [7, 11) is 0. The van der Waals surface area contributed by atoms with Crippen molar-refractivity contribution in [3.05, 3.63) is 72.4 Å². The zero-order valence-electron chi connectivity index (χ0n) is 15.8. The van der Waals surface area contributed by atoms with Crippen LogP contribution in [0.2, 0.25) is 0 Å². The first-order valence-corrected chi connectivity index (χ1v) is 9.85. The largest absolute Gasteiger partial charge is 0.273 e. The van der Waals surface area contributed by atoms with Crippen molar-refractivity contribution in [2.24, 2.45) is 11.0 Å². The molecule has 28 heavy (non-hydrogen) atoms. The summed E-state index contributed by atoms with van der Waals surface area (Å²) >= 11 is 0. The molecular formula is C23H24N4O. The van der Waals surface area contributed by atoms with E-state index in [-0.39, 0.29) is 11.8 Å². The van der Waals surface area contributed by atoms with Gasteiger partial charge >= 0.3 is 0 Å². The van der Waals surface area contributed by atoms with E-state index in [0.717, 1.165) is 48.2 Å². The van der Waals surface area contributed by atoms with Crippen molar-refractivity contribution in [3.63, 3.8) is 0 Å². The van der Waals surface area contributed by atoms with Gasteiger partial charge in [-0.15, -0.1) is 0 Å². The van der Waals surface area contributed by atoms with Gasteiger partial charge in [-0.05, 0) is 25.0 Å². The molecule has 4 rings (SSSR count). The van der Waals surface area contributed by atoms with Gasteiger partial charge in [0.05, 0.1) is 11.9 Å². The minimum Gasteiger partial charge on any atom is -0.273 e. The van der Waals surface area contributed by atoms with E-state index >= 15 is 0 Å². The van der Waals surface area contributed by atoms with E-state index < -0.39 is 0 Å². The first kappa shape index (κ1) is 18.2. The fraction of sp³-hybridized carbons (Fsp3) is 0.261. The Labute approximate surface area is 165 Å². The summed E-state index contributed by atoms with van der Waals surface area (Å²) < 4.78 is 1.84. The molecule has 1 heterocycles. The number of amides is 1. The summed E-state index contributed by atoms with van der Waals surface area (Å²) in [5.41, 5.74) is 6.40. The molecule has 0 unspecified atom stereocenters. The smallest absolute Gasteiger partial charge is 0.243 e. The Bertz CT molecular complexity index is 941. The predicted molar refractivity (Wildman–Crippen MR) is 111 cm³/mol. The lowest BCUT2D eigenvalue weighted by Crippen LogP contribution is -2.28. The SMILES string of the molecule is O=C(N/N=C\c1cn(-c2ccccc2)nc1-c1ccccc1)C1CCCCC1. The number of carbonyl (C=O) groups is 1. The van der Waals surface area contributed by atoms with Gasteiger partial charge in [0.15, 0.2) is 0 Å². The quantitative estimate of drug-likeness (QED) is 0.527. The van der Waals surface area contributed by atoms with Gasteiger partial charge in [0.1, 0.15) is 5.69 Å². The van der Waals surface area contributed by atoms with E-state index in [0.29, 0.717) is 0 Å². The number of hydrazone groups is 1. The lowest BCUT2D eigenvalue weighted by Gasteiger charge is -2.19. The van der Waals surface area contributed by atoms with E-state index in [1.807, 2.05) is 71.5 Å². The van der Waals surface area contributed by atoms with Crippen LogP contribution in [0.25, 0.3) is 16.9 Å². The van der Waals surface area contributed by atoms with Crippen LogP contribution < -0.4 is 5.43 Å². The number of nitrogens with zero attached hydrogens (tertiary/aromatic N) is 3. The summed E-state index contributed by atoms with van der Waals surface area (Å²) in [5.74, 6) is 0.110. The zero-order valence-corrected chi connectivity index (χ0v) is 15.8. The lowest BCUT2D eigenvalue weighted by molar-refractivity contribution is -0.125. The average molecular weight is 372 g/mol. The van der Waals surface area contributed by atoms with Crippen molar-refractivity contribution in [1.82, 2.24) is 15.2 Å². The summed E-state index contributed by atoms with van der Waals surface area (Å²) in [6.07, 6.45) is 9.04. The van der Waals surface area contributed by atoms with E-state index in [4.69, 9.17) is 5.10 Å². The number of aromatic nitrogens is 2. The predicted octanol–water partition coefficient (Wildman–Crippen LogP) is 4.57. The standard InChI is InChI=1S/C23H24N4O/c28-23(19-12-6-2-7-13-19)25-24-16-20-17-27(21-14-8-3-9-15-21)26-22(20)18-10-4-1-5-11-18/h1,3-5,8-11,14-17,19H,2,6-7,12-13H2,(H,25,28)/b24-16-. The zero-order chi connectivity index (χ0) is 19.2. The van der Waals surface area contributed by atoms with Crippen molar-refractivity contribution in [2.45, 2.75) is 32.1 Å². The number of hydrogen-bond acceptors (Lipinski definition) is 3. The molecule has 1 aliphatic rings. The number of hydrogen-bond donors (Lipinski definition) is 1. The van der Waals surface area contributed by atoms with Gasteiger partial charge in [0.25, 0.3) is 0 Å². The van der Waals surface area contributed by atoms with Crippen LogP contribution in [0.15, 0.2) is 72.0 Å². The first-order chi connectivity index (χ1) is 13.8. The minimum atomic E-state index is 0.0210. The van der Waals surface area contributed by atoms with Crippen LogP contribution in [0.4, 0.5) is 0 Å². The summed E-state index contributed by atoms with van der Waals surface area (Å²) in [6.45, 7) is 0. The van der Waals surface area contributed by atoms with E-state index in [2.05, 4.69) is 10.5 Å². The number of carbonyl (C=O) groups excluding carboxylic acids is 1. The van der Waals surface area contributed by atoms with Gasteiger partial charge in [-0.2, -0.15) is 10.2 Å². The van der Waals surface area contributed by atoms with Crippen molar-refractivity contribution in [3.8, 4) is 16.9 Å². The summed E-state index contributed by atoms with van der Waals surface area (Å²) in [6, 6.07) is 20.0. The van der Waals surface area contributed by atoms with Crippen LogP contribution in [-0.4, -0.2) is 21.9 Å². The molecule has 1 amide bonds. The molecular weight excluding hydrogens is 348 g/mol. The van der Waals surface area contributed by atoms with Crippen LogP contribution >= 0.6 is 0 Å². The van der Waals surface area contributed by atoms with Gasteiger partial charge in [-0.25, -0.2) is 10.1 Å². The summed E-state index contributed by atoms with van der Waals surface area (Å²) in [4.78, 5) is 12.3. The maximum Gasteiger partial charge on any atom is 0.243 e. The monoisotopic (exact) mass is 372 g/mol. The normalized spacial score (nSPS) is 15.0. The molecule has 5 nitrogen and oxygen atoms in total. The second-order valence-electron chi connectivity index (χ2n) is 7.15. The molecule has 1 fully saturated rings. The van der Waals surface area contributed by atoms with Gasteiger partial charge < -0.3 is 0 Å². The molecule has 0 atom stereocenters. The third-order valence-electron chi connectivity index (χ3n) is 5.16. The first-order valence-electron chi connectivity index (χ1n) is 9.85. The van der Waals surface area contributed by atoms with Crippen molar-refractivity contribution in [1.29, 1.82) is 0 Å². The Balaban J connectivity index is 1.58. The van der Waals surface area contributed by atoms with E-state index in [9.17, 15) is 4.79 Å². The number of para-hydroxylation sites is 1. The molecule has 0 radical (unpaired) electrons. The van der Waals surface area contributed by atoms with Crippen molar-refractivity contribution >= 4 is 12.1 Å². The Morgan fingerprint density at radius 1 is 1.00 bits per heavy atom. The van der Waals surface area contributed by atoms with Crippen molar-refractivity contribution < 1.29 is 4.79 Å². The highest BCUT2D eigenvalue weighted by Gasteiger charge is 2.20. The molecule has 1 aromatic heterocycles. The maximum atomic E-state index is 12.3. The third kappa shape index (κ3) is 4.19. The lowest BCUT2D eigenvalue weighted by atomic mass is 9.89. The van der Waals surface area contributed by atoms with Crippen LogP contribution in [0.5, 0.6) is 0 Å². The number of nitrogens with one attached hydrogen (secondary N) is 1.